The number of aromatic amines is 1. The first-order valence-electron chi connectivity index (χ1n) is 4.31. The van der Waals surface area contributed by atoms with Crippen LogP contribution in [0.15, 0.2) is 12.3 Å². The SMILES string of the molecule is Nc1[nH]c2cc(C(=O)O)cnc2c1[C](=O)[Y]. The normalized spacial score (nSPS) is 10.4. The summed E-state index contributed by atoms with van der Waals surface area (Å²) in [5.74, 6) is -0.830. The summed E-state index contributed by atoms with van der Waals surface area (Å²) in [6.45, 7) is 0. The van der Waals surface area contributed by atoms with Crippen LogP contribution in [0.4, 0.5) is 5.82 Å². The summed E-state index contributed by atoms with van der Waals surface area (Å²) in [6.07, 6.45) is 1.21. The van der Waals surface area contributed by atoms with Gasteiger partial charge in [0.1, 0.15) is 0 Å². The van der Waals surface area contributed by atoms with Gasteiger partial charge >= 0.3 is 110 Å². The quantitative estimate of drug-likeness (QED) is 0.748. The van der Waals surface area contributed by atoms with E-state index < -0.39 is 5.97 Å². The molecule has 16 heavy (non-hydrogen) atoms. The molecule has 0 saturated carbocycles. The first kappa shape index (κ1) is 11.2. The first-order chi connectivity index (χ1) is 7.50. The number of rotatable bonds is 2. The minimum atomic E-state index is -1.07. The van der Waals surface area contributed by atoms with E-state index in [0.717, 1.165) is 0 Å². The number of hydrogen-bond acceptors (Lipinski definition) is 4. The molecule has 0 saturated heterocycles. The van der Waals surface area contributed by atoms with E-state index in [0.29, 0.717) is 47.6 Å². The van der Waals surface area contributed by atoms with Gasteiger partial charge in [-0.2, -0.15) is 0 Å². The van der Waals surface area contributed by atoms with Crippen molar-refractivity contribution in [2.24, 2.45) is 0 Å². The Morgan fingerprint density at radius 1 is 1.50 bits per heavy atom. The van der Waals surface area contributed by atoms with Crippen LogP contribution < -0.4 is 5.73 Å². The number of anilines is 1. The number of nitrogen functional groups attached to an aromatic ring is 1. The molecule has 0 atom stereocenters. The summed E-state index contributed by atoms with van der Waals surface area (Å²) < 4.78 is -0.0790. The molecule has 6 nitrogen and oxygen atoms in total. The van der Waals surface area contributed by atoms with Crippen molar-refractivity contribution in [3.63, 3.8) is 0 Å². The molecule has 0 aliphatic carbocycles. The molecule has 4 N–H and O–H groups in total. The van der Waals surface area contributed by atoms with Gasteiger partial charge in [-0.3, -0.25) is 0 Å². The second-order valence-electron chi connectivity index (χ2n) is 3.20. The molecular weight excluding hydrogens is 287 g/mol. The standard InChI is InChI=1S/C9H6N3O3.Y/c10-8-5(3-13)7-6(12-8)1-4(2-11-7)9(14)15;/h1-2,12H,10H2,(H,14,15);. The van der Waals surface area contributed by atoms with Crippen molar-refractivity contribution in [3.8, 4) is 0 Å². The van der Waals surface area contributed by atoms with Crippen molar-refractivity contribution < 1.29 is 45.6 Å². The van der Waals surface area contributed by atoms with Gasteiger partial charge < -0.3 is 0 Å². The second-order valence-corrected chi connectivity index (χ2v) is 4.49. The number of aromatic carboxylic acids is 1. The molecular formula is C9H6N3O3Y. The van der Waals surface area contributed by atoms with E-state index in [2.05, 4.69) is 9.97 Å². The number of nitrogens with zero attached hydrogens (tertiary/aromatic N) is 1. The van der Waals surface area contributed by atoms with Gasteiger partial charge in [-0.1, -0.05) is 0 Å². The molecule has 0 unspecified atom stereocenters. The van der Waals surface area contributed by atoms with Gasteiger partial charge in [0, 0.05) is 0 Å². The summed E-state index contributed by atoms with van der Waals surface area (Å²) in [5.41, 5.74) is 6.95. The second kappa shape index (κ2) is 3.95. The van der Waals surface area contributed by atoms with Crippen LogP contribution in [0.2, 0.25) is 0 Å². The molecule has 78 valence electrons. The molecule has 0 bridgehead atoms. The Bertz CT molecular complexity index is 605. The monoisotopic (exact) mass is 293 g/mol. The van der Waals surface area contributed by atoms with Crippen molar-refractivity contribution in [1.82, 2.24) is 9.97 Å². The zero-order chi connectivity index (χ0) is 11.9. The van der Waals surface area contributed by atoms with Gasteiger partial charge in [0.15, 0.2) is 0 Å². The van der Waals surface area contributed by atoms with Crippen LogP contribution >= 0.6 is 0 Å². The molecule has 7 heteroatoms. The number of hydrogen-bond donors (Lipinski definition) is 3. The fraction of sp³-hybridized carbons (Fsp3) is 0. The number of H-pyrrole nitrogens is 1. The van der Waals surface area contributed by atoms with Crippen LogP contribution in [0.25, 0.3) is 11.0 Å². The number of nitrogens with one attached hydrogen (secondary N) is 1. The van der Waals surface area contributed by atoms with E-state index in [9.17, 15) is 9.59 Å². The fourth-order valence-corrected chi connectivity index (χ4v) is 2.18. The van der Waals surface area contributed by atoms with Gasteiger partial charge in [-0.15, -0.1) is 0 Å². The Morgan fingerprint density at radius 2 is 2.19 bits per heavy atom. The third-order valence-corrected chi connectivity index (χ3v) is 2.87. The van der Waals surface area contributed by atoms with E-state index in [-0.39, 0.29) is 14.0 Å². The number of carboxylic acids is 1. The molecule has 2 heterocycles. The van der Waals surface area contributed by atoms with Crippen LogP contribution in [-0.2, 0) is 31.0 Å². The third-order valence-electron chi connectivity index (χ3n) is 2.16. The van der Waals surface area contributed by atoms with E-state index in [1.54, 1.807) is 0 Å². The summed E-state index contributed by atoms with van der Waals surface area (Å²) in [6, 6.07) is 1.41. The van der Waals surface area contributed by atoms with Crippen LogP contribution in [0.3, 0.4) is 0 Å². The van der Waals surface area contributed by atoms with Crippen LogP contribution in [0.5, 0.6) is 0 Å². The first-order valence-corrected chi connectivity index (χ1v) is 5.73. The number of aromatic nitrogens is 2. The van der Waals surface area contributed by atoms with Gasteiger partial charge in [0.2, 0.25) is 0 Å². The van der Waals surface area contributed by atoms with E-state index in [1.807, 2.05) is 0 Å². The molecule has 0 spiro atoms. The predicted octanol–water partition coefficient (Wildman–Crippen LogP) is 0.530. The Morgan fingerprint density at radius 3 is 2.75 bits per heavy atom. The fourth-order valence-electron chi connectivity index (χ4n) is 1.46. The minimum absolute atomic E-state index is 0.0558. The number of carbonyl (C=O) groups is 2. The number of carboxylic acid groups (broad SMARTS) is 1. The zero-order valence-corrected chi connectivity index (χ0v) is 10.9. The summed E-state index contributed by atoms with van der Waals surface area (Å²) in [4.78, 5) is 28.8. The Hall–Kier alpha value is -1.27. The van der Waals surface area contributed by atoms with Gasteiger partial charge in [-0.25, -0.2) is 0 Å². The molecule has 2 rings (SSSR count). The molecule has 2 aromatic heterocycles. The van der Waals surface area contributed by atoms with Crippen molar-refractivity contribution >= 4 is 25.4 Å². The van der Waals surface area contributed by atoms with Gasteiger partial charge in [-0.05, 0) is 0 Å². The average molecular weight is 293 g/mol. The number of pyridine rings is 1. The molecule has 0 amide bonds. The zero-order valence-electron chi connectivity index (χ0n) is 8.02. The van der Waals surface area contributed by atoms with E-state index in [4.69, 9.17) is 10.8 Å². The van der Waals surface area contributed by atoms with Crippen molar-refractivity contribution in [2.45, 2.75) is 0 Å². The topological polar surface area (TPSA) is 109 Å². The Balaban J connectivity index is 2.75. The number of fused-ring (bicyclic) bond motifs is 1. The van der Waals surface area contributed by atoms with E-state index in [1.165, 1.54) is 12.3 Å². The van der Waals surface area contributed by atoms with Crippen LogP contribution in [0, 0.1) is 0 Å². The maximum atomic E-state index is 11.4. The summed E-state index contributed by atoms with van der Waals surface area (Å²) >= 11 is 0.406. The average Bonchev–Trinajstić information content (AvgIpc) is 2.51. The summed E-state index contributed by atoms with van der Waals surface area (Å²) in [7, 11) is 0. The van der Waals surface area contributed by atoms with Crippen LogP contribution in [-0.4, -0.2) is 23.6 Å². The predicted molar refractivity (Wildman–Crippen MR) is 51.8 cm³/mol. The molecule has 0 aliphatic heterocycles. The maximum absolute atomic E-state index is 11.4. The third kappa shape index (κ3) is 1.74. The van der Waals surface area contributed by atoms with E-state index >= 15 is 0 Å². The van der Waals surface area contributed by atoms with Crippen molar-refractivity contribution in [1.29, 1.82) is 0 Å². The van der Waals surface area contributed by atoms with Gasteiger partial charge in [0.25, 0.3) is 0 Å². The van der Waals surface area contributed by atoms with Crippen molar-refractivity contribution in [3.05, 3.63) is 23.4 Å². The molecule has 0 aromatic carbocycles. The molecule has 0 fully saturated rings. The molecule has 2 aromatic rings. The van der Waals surface area contributed by atoms with Gasteiger partial charge in [0.05, 0.1) is 0 Å². The van der Waals surface area contributed by atoms with Crippen molar-refractivity contribution in [2.75, 3.05) is 5.73 Å². The number of carbonyl (C=O) groups excluding carboxylic acids is 1. The summed E-state index contributed by atoms with van der Waals surface area (Å²) in [5, 5.41) is 8.78. The molecule has 0 radical (unpaired) electrons. The number of nitrogens with two attached hydrogens (primary N) is 1. The Kier molecular flexibility index (Phi) is 2.77. The Labute approximate surface area is 110 Å². The molecule has 0 aliphatic rings. The van der Waals surface area contributed by atoms with Crippen LogP contribution in [0.1, 0.15) is 20.7 Å².